The molecule has 3 N–H and O–H groups in total. The van der Waals surface area contributed by atoms with Crippen LogP contribution in [0.5, 0.6) is 5.75 Å². The van der Waals surface area contributed by atoms with E-state index in [1.807, 2.05) is 56.3 Å². The van der Waals surface area contributed by atoms with Gasteiger partial charge < -0.3 is 15.8 Å². The number of ether oxygens (including phenoxy) is 1. The molecular formula is C17H20N2O2. The fourth-order valence-corrected chi connectivity index (χ4v) is 2.33. The van der Waals surface area contributed by atoms with Crippen molar-refractivity contribution in [1.29, 1.82) is 0 Å². The zero-order valence-electron chi connectivity index (χ0n) is 12.5. The number of carbonyl (C=O) groups excluding carboxylic acids is 1. The molecule has 21 heavy (non-hydrogen) atoms. The van der Waals surface area contributed by atoms with Crippen molar-refractivity contribution < 1.29 is 9.53 Å². The van der Waals surface area contributed by atoms with Crippen LogP contribution in [-0.2, 0) is 4.79 Å². The summed E-state index contributed by atoms with van der Waals surface area (Å²) in [4.78, 5) is 11.8. The maximum atomic E-state index is 11.8. The number of anilines is 1. The number of benzene rings is 2. The average Bonchev–Trinajstić information content (AvgIpc) is 2.45. The van der Waals surface area contributed by atoms with Gasteiger partial charge in [0.15, 0.2) is 0 Å². The van der Waals surface area contributed by atoms with Crippen LogP contribution in [0.2, 0.25) is 0 Å². The van der Waals surface area contributed by atoms with Gasteiger partial charge in [-0.2, -0.15) is 0 Å². The molecule has 110 valence electrons. The smallest absolute Gasteiger partial charge is 0.244 e. The van der Waals surface area contributed by atoms with Crippen molar-refractivity contribution >= 4 is 11.6 Å². The van der Waals surface area contributed by atoms with Gasteiger partial charge in [0.25, 0.3) is 0 Å². The standard InChI is InChI=1S/C17H20N2O2/c1-11-7-8-15(12(2)9-11)16(17(18)20)19-13-5-4-6-14(10-13)21-3/h4-10,16,19H,1-3H3,(H2,18,20). The van der Waals surface area contributed by atoms with E-state index in [1.54, 1.807) is 7.11 Å². The Kier molecular flexibility index (Phi) is 4.48. The van der Waals surface area contributed by atoms with E-state index in [2.05, 4.69) is 5.32 Å². The highest BCUT2D eigenvalue weighted by molar-refractivity contribution is 5.85. The van der Waals surface area contributed by atoms with E-state index in [0.717, 1.165) is 28.1 Å². The topological polar surface area (TPSA) is 64.3 Å². The fourth-order valence-electron chi connectivity index (χ4n) is 2.33. The van der Waals surface area contributed by atoms with E-state index >= 15 is 0 Å². The Morgan fingerprint density at radius 1 is 1.19 bits per heavy atom. The summed E-state index contributed by atoms with van der Waals surface area (Å²) in [5.41, 5.74) is 9.43. The van der Waals surface area contributed by atoms with Crippen LogP contribution in [0, 0.1) is 13.8 Å². The predicted octanol–water partition coefficient (Wildman–Crippen LogP) is 2.95. The number of primary amides is 1. The third-order valence-electron chi connectivity index (χ3n) is 3.40. The molecule has 2 rings (SSSR count). The van der Waals surface area contributed by atoms with Crippen LogP contribution in [0.4, 0.5) is 5.69 Å². The molecule has 2 aromatic carbocycles. The number of rotatable bonds is 5. The van der Waals surface area contributed by atoms with Gasteiger partial charge in [-0.25, -0.2) is 0 Å². The molecule has 0 radical (unpaired) electrons. The first-order valence-corrected chi connectivity index (χ1v) is 6.78. The summed E-state index contributed by atoms with van der Waals surface area (Å²) in [6.45, 7) is 4.00. The van der Waals surface area contributed by atoms with Gasteiger partial charge in [0, 0.05) is 11.8 Å². The van der Waals surface area contributed by atoms with Crippen LogP contribution in [-0.4, -0.2) is 13.0 Å². The Hall–Kier alpha value is -2.49. The van der Waals surface area contributed by atoms with Crippen molar-refractivity contribution in [1.82, 2.24) is 0 Å². The number of nitrogens with one attached hydrogen (secondary N) is 1. The van der Waals surface area contributed by atoms with Crippen LogP contribution in [0.25, 0.3) is 0 Å². The Morgan fingerprint density at radius 3 is 2.57 bits per heavy atom. The summed E-state index contributed by atoms with van der Waals surface area (Å²) in [6.07, 6.45) is 0. The lowest BCUT2D eigenvalue weighted by atomic mass is 9.98. The average molecular weight is 284 g/mol. The molecule has 2 aromatic rings. The molecule has 0 bridgehead atoms. The normalized spacial score (nSPS) is 11.8. The van der Waals surface area contributed by atoms with Gasteiger partial charge in [0.2, 0.25) is 5.91 Å². The van der Waals surface area contributed by atoms with Crippen LogP contribution in [0.15, 0.2) is 42.5 Å². The number of hydrogen-bond acceptors (Lipinski definition) is 3. The van der Waals surface area contributed by atoms with Gasteiger partial charge in [-0.1, -0.05) is 29.8 Å². The minimum Gasteiger partial charge on any atom is -0.497 e. The van der Waals surface area contributed by atoms with E-state index in [0.29, 0.717) is 0 Å². The van der Waals surface area contributed by atoms with Crippen LogP contribution < -0.4 is 15.8 Å². The van der Waals surface area contributed by atoms with Crippen LogP contribution >= 0.6 is 0 Å². The molecule has 0 fully saturated rings. The first kappa shape index (κ1) is 14.9. The largest absolute Gasteiger partial charge is 0.497 e. The quantitative estimate of drug-likeness (QED) is 0.887. The summed E-state index contributed by atoms with van der Waals surface area (Å²) in [5.74, 6) is 0.314. The van der Waals surface area contributed by atoms with E-state index in [4.69, 9.17) is 10.5 Å². The molecule has 1 unspecified atom stereocenters. The van der Waals surface area contributed by atoms with Gasteiger partial charge in [-0.05, 0) is 37.1 Å². The molecule has 1 atom stereocenters. The lowest BCUT2D eigenvalue weighted by Crippen LogP contribution is -2.28. The summed E-state index contributed by atoms with van der Waals surface area (Å²) in [6, 6.07) is 12.8. The minimum atomic E-state index is -0.572. The second-order valence-corrected chi connectivity index (χ2v) is 5.07. The molecule has 0 aliphatic carbocycles. The van der Waals surface area contributed by atoms with Gasteiger partial charge in [-0.15, -0.1) is 0 Å². The summed E-state index contributed by atoms with van der Waals surface area (Å²) in [7, 11) is 1.61. The van der Waals surface area contributed by atoms with E-state index in [-0.39, 0.29) is 0 Å². The Labute approximate surface area is 124 Å². The molecule has 1 amide bonds. The second kappa shape index (κ2) is 6.31. The lowest BCUT2D eigenvalue weighted by Gasteiger charge is -2.20. The number of amides is 1. The highest BCUT2D eigenvalue weighted by Crippen LogP contribution is 2.25. The Balaban J connectivity index is 2.33. The third kappa shape index (κ3) is 3.54. The molecule has 0 saturated carbocycles. The molecule has 0 spiro atoms. The van der Waals surface area contributed by atoms with Crippen molar-refractivity contribution in [3.8, 4) is 5.75 Å². The monoisotopic (exact) mass is 284 g/mol. The Bertz CT molecular complexity index is 653. The SMILES string of the molecule is COc1cccc(NC(C(N)=O)c2ccc(C)cc2C)c1. The fraction of sp³-hybridized carbons (Fsp3) is 0.235. The van der Waals surface area contributed by atoms with Crippen molar-refractivity contribution in [2.45, 2.75) is 19.9 Å². The van der Waals surface area contributed by atoms with E-state index in [1.165, 1.54) is 0 Å². The van der Waals surface area contributed by atoms with Gasteiger partial charge in [-0.3, -0.25) is 4.79 Å². The maximum absolute atomic E-state index is 11.8. The first-order chi connectivity index (χ1) is 10.0. The molecule has 4 heteroatoms. The van der Waals surface area contributed by atoms with Crippen molar-refractivity contribution in [3.05, 3.63) is 59.2 Å². The highest BCUT2D eigenvalue weighted by Gasteiger charge is 2.19. The van der Waals surface area contributed by atoms with Gasteiger partial charge in [0.05, 0.1) is 7.11 Å². The van der Waals surface area contributed by atoms with Crippen LogP contribution in [0.3, 0.4) is 0 Å². The van der Waals surface area contributed by atoms with E-state index < -0.39 is 11.9 Å². The van der Waals surface area contributed by atoms with Crippen molar-refractivity contribution in [3.63, 3.8) is 0 Å². The molecule has 0 aliphatic rings. The summed E-state index contributed by atoms with van der Waals surface area (Å²) < 4.78 is 5.19. The molecule has 0 aliphatic heterocycles. The lowest BCUT2D eigenvalue weighted by molar-refractivity contribution is -0.118. The molecule has 4 nitrogen and oxygen atoms in total. The Morgan fingerprint density at radius 2 is 1.95 bits per heavy atom. The zero-order chi connectivity index (χ0) is 15.4. The number of hydrogen-bond donors (Lipinski definition) is 2. The molecule has 0 heterocycles. The van der Waals surface area contributed by atoms with Crippen LogP contribution in [0.1, 0.15) is 22.7 Å². The van der Waals surface area contributed by atoms with Gasteiger partial charge >= 0.3 is 0 Å². The zero-order valence-corrected chi connectivity index (χ0v) is 12.5. The van der Waals surface area contributed by atoms with Gasteiger partial charge in [0.1, 0.15) is 11.8 Å². The molecule has 0 saturated heterocycles. The highest BCUT2D eigenvalue weighted by atomic mass is 16.5. The first-order valence-electron chi connectivity index (χ1n) is 6.78. The molecule has 0 aromatic heterocycles. The summed E-state index contributed by atoms with van der Waals surface area (Å²) >= 11 is 0. The third-order valence-corrected chi connectivity index (χ3v) is 3.40. The van der Waals surface area contributed by atoms with Crippen molar-refractivity contribution in [2.75, 3.05) is 12.4 Å². The molecular weight excluding hydrogens is 264 g/mol. The maximum Gasteiger partial charge on any atom is 0.244 e. The number of carbonyl (C=O) groups is 1. The minimum absolute atomic E-state index is 0.412. The number of methoxy groups -OCH3 is 1. The summed E-state index contributed by atoms with van der Waals surface area (Å²) in [5, 5.41) is 3.18. The van der Waals surface area contributed by atoms with E-state index in [9.17, 15) is 4.79 Å². The number of nitrogens with two attached hydrogens (primary N) is 1. The van der Waals surface area contributed by atoms with Crippen molar-refractivity contribution in [2.24, 2.45) is 5.73 Å². The predicted molar refractivity (Wildman–Crippen MR) is 84.5 cm³/mol. The second-order valence-electron chi connectivity index (χ2n) is 5.07. The number of aryl methyl sites for hydroxylation is 2.